The Morgan fingerprint density at radius 3 is 2.50 bits per heavy atom. The third-order valence-corrected chi connectivity index (χ3v) is 1.53. The predicted molar refractivity (Wildman–Crippen MR) is 39.0 cm³/mol. The van der Waals surface area contributed by atoms with Crippen molar-refractivity contribution < 1.29 is 23.5 Å². The molecule has 6 nitrogen and oxygen atoms in total. The molecule has 0 bridgehead atoms. The van der Waals surface area contributed by atoms with Crippen LogP contribution in [0.2, 0.25) is 0 Å². The number of nitrogens with two attached hydrogens (primary N) is 1. The van der Waals surface area contributed by atoms with Crippen molar-refractivity contribution in [3.8, 4) is 0 Å². The molecule has 1 atom stereocenters. The largest absolute Gasteiger partial charge is 0.344 e. The number of amides is 1. The second-order valence-corrected chi connectivity index (χ2v) is 3.77. The van der Waals surface area contributed by atoms with Crippen LogP contribution in [0.25, 0.3) is 0 Å². The molecule has 0 aliphatic carbocycles. The second-order valence-electron chi connectivity index (χ2n) is 2.12. The van der Waals surface area contributed by atoms with E-state index in [0.717, 1.165) is 0 Å². The zero-order valence-corrected chi connectivity index (χ0v) is 7.00. The van der Waals surface area contributed by atoms with Crippen LogP contribution in [0.3, 0.4) is 0 Å². The molecular weight excluding hydrogens is 190 g/mol. The van der Waals surface area contributed by atoms with Crippen LogP contribution in [-0.2, 0) is 9.36 Å². The minimum absolute atomic E-state index is 0.820. The topological polar surface area (TPSA) is 113 Å². The summed E-state index contributed by atoms with van der Waals surface area (Å²) in [5.74, 6) is -0.916. The van der Waals surface area contributed by atoms with Gasteiger partial charge in [-0.15, -0.1) is 0 Å². The first-order valence-electron chi connectivity index (χ1n) is 3.00. The van der Waals surface area contributed by atoms with Crippen LogP contribution < -0.4 is 11.1 Å². The molecule has 1 amide bonds. The van der Waals surface area contributed by atoms with Crippen LogP contribution in [-0.4, -0.2) is 34.7 Å². The number of hydrogen-bond acceptors (Lipinski definition) is 3. The van der Waals surface area contributed by atoms with E-state index in [1.54, 1.807) is 5.32 Å². The van der Waals surface area contributed by atoms with E-state index in [1.807, 2.05) is 0 Å². The van der Waals surface area contributed by atoms with E-state index in [4.69, 9.17) is 15.5 Å². The molecule has 5 N–H and O–H groups in total. The van der Waals surface area contributed by atoms with Gasteiger partial charge >= 0.3 is 7.60 Å². The SMILES string of the molecule is NC(CF)C(=O)NCP(=O)(O)O. The summed E-state index contributed by atoms with van der Waals surface area (Å²) in [4.78, 5) is 27.2. The van der Waals surface area contributed by atoms with Gasteiger partial charge in [0.05, 0.1) is 0 Å². The number of hydrogen-bond donors (Lipinski definition) is 4. The normalized spacial score (nSPS) is 14.0. The van der Waals surface area contributed by atoms with E-state index in [-0.39, 0.29) is 0 Å². The van der Waals surface area contributed by atoms with Gasteiger partial charge in [-0.2, -0.15) is 0 Å². The number of carbonyl (C=O) groups is 1. The average Bonchev–Trinajstić information content (AvgIpc) is 1.97. The van der Waals surface area contributed by atoms with Gasteiger partial charge in [-0.3, -0.25) is 9.36 Å². The average molecular weight is 200 g/mol. The van der Waals surface area contributed by atoms with E-state index in [2.05, 4.69) is 0 Å². The van der Waals surface area contributed by atoms with Crippen LogP contribution in [0.1, 0.15) is 0 Å². The van der Waals surface area contributed by atoms with Gasteiger partial charge in [-0.25, -0.2) is 4.39 Å². The van der Waals surface area contributed by atoms with Crippen molar-refractivity contribution in [1.29, 1.82) is 0 Å². The molecule has 0 rings (SSSR count). The summed E-state index contributed by atoms with van der Waals surface area (Å²) in [5.41, 5.74) is 4.91. The van der Waals surface area contributed by atoms with E-state index in [1.165, 1.54) is 0 Å². The molecule has 0 saturated heterocycles. The molecule has 0 aliphatic heterocycles. The van der Waals surface area contributed by atoms with E-state index in [9.17, 15) is 13.8 Å². The fourth-order valence-corrected chi connectivity index (χ4v) is 0.744. The third kappa shape index (κ3) is 5.20. The maximum Gasteiger partial charge on any atom is 0.344 e. The Balaban J connectivity index is 3.80. The van der Waals surface area contributed by atoms with Crippen molar-refractivity contribution in [2.75, 3.05) is 13.0 Å². The predicted octanol–water partition coefficient (Wildman–Crippen LogP) is -1.47. The maximum atomic E-state index is 11.7. The molecule has 0 radical (unpaired) electrons. The van der Waals surface area contributed by atoms with Gasteiger partial charge in [0.2, 0.25) is 5.91 Å². The molecule has 0 aromatic heterocycles. The summed E-state index contributed by atoms with van der Waals surface area (Å²) < 4.78 is 21.9. The fraction of sp³-hybridized carbons (Fsp3) is 0.750. The molecule has 0 aliphatic rings. The summed E-state index contributed by atoms with van der Waals surface area (Å²) in [7, 11) is -4.28. The Kier molecular flexibility index (Phi) is 4.33. The summed E-state index contributed by atoms with van der Waals surface area (Å²) in [6.45, 7) is -1.06. The van der Waals surface area contributed by atoms with E-state index < -0.39 is 32.5 Å². The molecular formula is C4H10FN2O4P. The zero-order valence-electron chi connectivity index (χ0n) is 6.11. The minimum Gasteiger partial charge on any atom is -0.343 e. The maximum absolute atomic E-state index is 11.7. The van der Waals surface area contributed by atoms with Crippen molar-refractivity contribution in [3.63, 3.8) is 0 Å². The van der Waals surface area contributed by atoms with Gasteiger partial charge in [0, 0.05) is 0 Å². The van der Waals surface area contributed by atoms with Crippen molar-refractivity contribution in [1.82, 2.24) is 5.32 Å². The minimum atomic E-state index is -4.28. The molecule has 0 aromatic rings. The Labute approximate surface area is 68.1 Å². The fourth-order valence-electron chi connectivity index (χ4n) is 0.382. The molecule has 0 spiro atoms. The highest BCUT2D eigenvalue weighted by Crippen LogP contribution is 2.31. The Hall–Kier alpha value is -0.490. The molecule has 8 heteroatoms. The molecule has 0 fully saturated rings. The lowest BCUT2D eigenvalue weighted by molar-refractivity contribution is -0.122. The molecule has 12 heavy (non-hydrogen) atoms. The lowest BCUT2D eigenvalue weighted by atomic mass is 10.3. The lowest BCUT2D eigenvalue weighted by Crippen LogP contribution is -2.42. The van der Waals surface area contributed by atoms with Gasteiger partial charge in [-0.05, 0) is 0 Å². The lowest BCUT2D eigenvalue weighted by Gasteiger charge is -2.08. The Morgan fingerprint density at radius 2 is 2.17 bits per heavy atom. The highest BCUT2D eigenvalue weighted by Gasteiger charge is 2.18. The van der Waals surface area contributed by atoms with Crippen molar-refractivity contribution in [2.45, 2.75) is 6.04 Å². The quantitative estimate of drug-likeness (QED) is 0.414. The van der Waals surface area contributed by atoms with Gasteiger partial charge in [0.15, 0.2) is 0 Å². The molecule has 1 unspecified atom stereocenters. The number of alkyl halides is 1. The van der Waals surface area contributed by atoms with Gasteiger partial charge in [0.25, 0.3) is 0 Å². The van der Waals surface area contributed by atoms with Crippen LogP contribution in [0, 0.1) is 0 Å². The van der Waals surface area contributed by atoms with Gasteiger partial charge < -0.3 is 20.8 Å². The number of carbonyl (C=O) groups excluding carboxylic acids is 1. The first kappa shape index (κ1) is 11.5. The van der Waals surface area contributed by atoms with E-state index in [0.29, 0.717) is 0 Å². The summed E-state index contributed by atoms with van der Waals surface area (Å²) in [6.07, 6.45) is -0.820. The smallest absolute Gasteiger partial charge is 0.343 e. The van der Waals surface area contributed by atoms with Crippen LogP contribution in [0.4, 0.5) is 4.39 Å². The molecule has 72 valence electrons. The number of nitrogens with one attached hydrogen (secondary N) is 1. The van der Waals surface area contributed by atoms with Crippen molar-refractivity contribution in [3.05, 3.63) is 0 Å². The van der Waals surface area contributed by atoms with Crippen LogP contribution in [0.5, 0.6) is 0 Å². The third-order valence-electron chi connectivity index (χ3n) is 0.962. The Bertz CT molecular complexity index is 205. The zero-order chi connectivity index (χ0) is 9.78. The summed E-state index contributed by atoms with van der Waals surface area (Å²) >= 11 is 0. The van der Waals surface area contributed by atoms with E-state index >= 15 is 0 Å². The molecule has 0 saturated carbocycles. The first-order valence-corrected chi connectivity index (χ1v) is 4.80. The van der Waals surface area contributed by atoms with Crippen LogP contribution in [0.15, 0.2) is 0 Å². The summed E-state index contributed by atoms with van der Waals surface area (Å²) in [5, 5.41) is 1.81. The monoisotopic (exact) mass is 200 g/mol. The highest BCUT2D eigenvalue weighted by molar-refractivity contribution is 7.51. The second kappa shape index (κ2) is 4.51. The highest BCUT2D eigenvalue weighted by atomic mass is 31.2. The summed E-state index contributed by atoms with van der Waals surface area (Å²) in [6, 6.07) is -1.36. The molecule has 0 heterocycles. The van der Waals surface area contributed by atoms with Crippen molar-refractivity contribution >= 4 is 13.5 Å². The van der Waals surface area contributed by atoms with Gasteiger partial charge in [-0.1, -0.05) is 0 Å². The first-order chi connectivity index (χ1) is 5.37. The van der Waals surface area contributed by atoms with Crippen LogP contribution >= 0.6 is 7.60 Å². The Morgan fingerprint density at radius 1 is 1.67 bits per heavy atom. The number of rotatable bonds is 4. The molecule has 0 aromatic carbocycles. The standard InChI is InChI=1S/C4H10FN2O4P/c5-1-3(6)4(8)7-2-12(9,10)11/h3H,1-2,6H2,(H,7,8)(H2,9,10,11). The number of halogens is 1. The van der Waals surface area contributed by atoms with Gasteiger partial charge in [0.1, 0.15) is 19.0 Å². The van der Waals surface area contributed by atoms with Crippen molar-refractivity contribution in [2.24, 2.45) is 5.73 Å².